The Morgan fingerprint density at radius 1 is 1.25 bits per heavy atom. The minimum atomic E-state index is 0.122. The van der Waals surface area contributed by atoms with Gasteiger partial charge in [-0.25, -0.2) is 0 Å². The lowest BCUT2D eigenvalue weighted by molar-refractivity contribution is -0.131. The Labute approximate surface area is 118 Å². The van der Waals surface area contributed by atoms with E-state index >= 15 is 0 Å². The number of nitrogens with zero attached hydrogens (tertiary/aromatic N) is 2. The van der Waals surface area contributed by atoms with Crippen molar-refractivity contribution in [1.82, 2.24) is 9.88 Å². The van der Waals surface area contributed by atoms with Gasteiger partial charge >= 0.3 is 0 Å². The molecule has 2 N–H and O–H groups in total. The summed E-state index contributed by atoms with van der Waals surface area (Å²) in [7, 11) is 0. The highest BCUT2D eigenvalue weighted by Crippen LogP contribution is 2.24. The number of nitrogens with two attached hydrogens (primary N) is 1. The molecule has 4 nitrogen and oxygen atoms in total. The summed E-state index contributed by atoms with van der Waals surface area (Å²) >= 11 is 0. The normalized spacial score (nSPS) is 13.9. The highest BCUT2D eigenvalue weighted by molar-refractivity contribution is 5.78. The minimum absolute atomic E-state index is 0.122. The molecule has 0 radical (unpaired) electrons. The van der Waals surface area contributed by atoms with Gasteiger partial charge in [-0.3, -0.25) is 9.78 Å². The molecular formula is C16H17N3O. The SMILES string of the molecule is Nc1cccc2c1CCN(C(=O)Cc1ccccn1)C2. The molecule has 0 spiro atoms. The standard InChI is InChI=1S/C16H17N3O/c17-15-6-3-4-12-11-19(9-7-14(12)15)16(20)10-13-5-1-2-8-18-13/h1-6,8H,7,9-11,17H2. The first kappa shape index (κ1) is 12.7. The van der Waals surface area contributed by atoms with Gasteiger partial charge in [-0.2, -0.15) is 0 Å². The van der Waals surface area contributed by atoms with Crippen molar-refractivity contribution in [2.75, 3.05) is 12.3 Å². The molecule has 0 atom stereocenters. The molecule has 2 aromatic rings. The Morgan fingerprint density at radius 2 is 2.15 bits per heavy atom. The molecule has 0 fully saturated rings. The van der Waals surface area contributed by atoms with Crippen molar-refractivity contribution in [3.05, 3.63) is 59.4 Å². The predicted octanol–water partition coefficient (Wildman–Crippen LogP) is 1.79. The van der Waals surface area contributed by atoms with Crippen molar-refractivity contribution >= 4 is 11.6 Å². The van der Waals surface area contributed by atoms with Gasteiger partial charge in [0.2, 0.25) is 5.91 Å². The Balaban J connectivity index is 1.72. The number of nitrogen functional groups attached to an aromatic ring is 1. The molecule has 0 saturated heterocycles. The third-order valence-electron chi connectivity index (χ3n) is 3.71. The molecule has 1 aliphatic heterocycles. The fourth-order valence-corrected chi connectivity index (χ4v) is 2.62. The molecule has 2 heterocycles. The molecule has 102 valence electrons. The van der Waals surface area contributed by atoms with Crippen LogP contribution in [0.2, 0.25) is 0 Å². The number of hydrogen-bond donors (Lipinski definition) is 1. The van der Waals surface area contributed by atoms with Crippen LogP contribution in [0.3, 0.4) is 0 Å². The summed E-state index contributed by atoms with van der Waals surface area (Å²) in [6, 6.07) is 11.6. The van der Waals surface area contributed by atoms with Gasteiger partial charge < -0.3 is 10.6 Å². The smallest absolute Gasteiger partial charge is 0.228 e. The third kappa shape index (κ3) is 2.50. The van der Waals surface area contributed by atoms with Crippen LogP contribution < -0.4 is 5.73 Å². The zero-order chi connectivity index (χ0) is 13.9. The van der Waals surface area contributed by atoms with Crippen LogP contribution in [0.4, 0.5) is 5.69 Å². The summed E-state index contributed by atoms with van der Waals surface area (Å²) in [5.74, 6) is 0.122. The van der Waals surface area contributed by atoms with Gasteiger partial charge in [-0.15, -0.1) is 0 Å². The van der Waals surface area contributed by atoms with E-state index in [1.165, 1.54) is 5.56 Å². The highest BCUT2D eigenvalue weighted by atomic mass is 16.2. The monoisotopic (exact) mass is 267 g/mol. The lowest BCUT2D eigenvalue weighted by Gasteiger charge is -2.29. The fraction of sp³-hybridized carbons (Fsp3) is 0.250. The van der Waals surface area contributed by atoms with E-state index in [2.05, 4.69) is 4.98 Å². The van der Waals surface area contributed by atoms with E-state index in [0.717, 1.165) is 29.9 Å². The first-order valence-corrected chi connectivity index (χ1v) is 6.78. The molecule has 0 aliphatic carbocycles. The van der Waals surface area contributed by atoms with E-state index in [9.17, 15) is 4.79 Å². The topological polar surface area (TPSA) is 59.2 Å². The van der Waals surface area contributed by atoms with Crippen molar-refractivity contribution in [1.29, 1.82) is 0 Å². The van der Waals surface area contributed by atoms with Crippen molar-refractivity contribution in [3.8, 4) is 0 Å². The first-order valence-electron chi connectivity index (χ1n) is 6.78. The molecule has 0 bridgehead atoms. The molecular weight excluding hydrogens is 250 g/mol. The van der Waals surface area contributed by atoms with E-state index < -0.39 is 0 Å². The number of rotatable bonds is 2. The number of carbonyl (C=O) groups is 1. The number of carbonyl (C=O) groups excluding carboxylic acids is 1. The Hall–Kier alpha value is -2.36. The molecule has 0 unspecified atom stereocenters. The molecule has 4 heteroatoms. The third-order valence-corrected chi connectivity index (χ3v) is 3.71. The molecule has 1 aromatic heterocycles. The van der Waals surface area contributed by atoms with Crippen LogP contribution >= 0.6 is 0 Å². The van der Waals surface area contributed by atoms with Gasteiger partial charge in [0, 0.05) is 30.7 Å². The van der Waals surface area contributed by atoms with Gasteiger partial charge in [0.1, 0.15) is 0 Å². The van der Waals surface area contributed by atoms with Gasteiger partial charge in [-0.05, 0) is 35.7 Å². The molecule has 1 amide bonds. The van der Waals surface area contributed by atoms with E-state index in [0.29, 0.717) is 13.0 Å². The van der Waals surface area contributed by atoms with E-state index in [4.69, 9.17) is 5.73 Å². The second-order valence-electron chi connectivity index (χ2n) is 5.05. The second kappa shape index (κ2) is 5.33. The lowest BCUT2D eigenvalue weighted by atomic mass is 9.97. The number of aromatic nitrogens is 1. The Morgan fingerprint density at radius 3 is 2.95 bits per heavy atom. The lowest BCUT2D eigenvalue weighted by Crippen LogP contribution is -2.37. The maximum Gasteiger partial charge on any atom is 0.228 e. The van der Waals surface area contributed by atoms with Crippen LogP contribution in [-0.2, 0) is 24.2 Å². The quantitative estimate of drug-likeness (QED) is 0.844. The van der Waals surface area contributed by atoms with Crippen LogP contribution in [-0.4, -0.2) is 22.3 Å². The zero-order valence-corrected chi connectivity index (χ0v) is 11.2. The van der Waals surface area contributed by atoms with Crippen LogP contribution in [0.1, 0.15) is 16.8 Å². The summed E-state index contributed by atoms with van der Waals surface area (Å²) < 4.78 is 0. The Kier molecular flexibility index (Phi) is 3.37. The number of anilines is 1. The molecule has 3 rings (SSSR count). The summed E-state index contributed by atoms with van der Waals surface area (Å²) in [6.07, 6.45) is 2.91. The molecule has 1 aliphatic rings. The number of pyridine rings is 1. The van der Waals surface area contributed by atoms with E-state index in [1.807, 2.05) is 41.3 Å². The summed E-state index contributed by atoms with van der Waals surface area (Å²) in [5, 5.41) is 0. The number of benzene rings is 1. The molecule has 1 aromatic carbocycles. The van der Waals surface area contributed by atoms with Gasteiger partial charge in [0.15, 0.2) is 0 Å². The average Bonchev–Trinajstić information content (AvgIpc) is 2.48. The molecule has 20 heavy (non-hydrogen) atoms. The number of amides is 1. The van der Waals surface area contributed by atoms with Crippen molar-refractivity contribution in [3.63, 3.8) is 0 Å². The van der Waals surface area contributed by atoms with Crippen LogP contribution in [0.25, 0.3) is 0 Å². The predicted molar refractivity (Wildman–Crippen MR) is 77.9 cm³/mol. The van der Waals surface area contributed by atoms with Crippen molar-refractivity contribution in [2.24, 2.45) is 0 Å². The zero-order valence-electron chi connectivity index (χ0n) is 11.2. The fourth-order valence-electron chi connectivity index (χ4n) is 2.62. The average molecular weight is 267 g/mol. The van der Waals surface area contributed by atoms with Gasteiger partial charge in [0.05, 0.1) is 6.42 Å². The van der Waals surface area contributed by atoms with Crippen molar-refractivity contribution < 1.29 is 4.79 Å². The van der Waals surface area contributed by atoms with Crippen LogP contribution in [0.5, 0.6) is 0 Å². The highest BCUT2D eigenvalue weighted by Gasteiger charge is 2.21. The van der Waals surface area contributed by atoms with E-state index in [1.54, 1.807) is 6.20 Å². The maximum atomic E-state index is 12.3. The first-order chi connectivity index (χ1) is 9.74. The number of fused-ring (bicyclic) bond motifs is 1. The van der Waals surface area contributed by atoms with Crippen molar-refractivity contribution in [2.45, 2.75) is 19.4 Å². The summed E-state index contributed by atoms with van der Waals surface area (Å²) in [5.41, 5.74) is 9.97. The molecule has 0 saturated carbocycles. The van der Waals surface area contributed by atoms with Crippen LogP contribution in [0.15, 0.2) is 42.6 Å². The summed E-state index contributed by atoms with van der Waals surface area (Å²) in [6.45, 7) is 1.37. The van der Waals surface area contributed by atoms with Gasteiger partial charge in [0.25, 0.3) is 0 Å². The Bertz CT molecular complexity index is 625. The van der Waals surface area contributed by atoms with Crippen LogP contribution in [0, 0.1) is 0 Å². The largest absolute Gasteiger partial charge is 0.398 e. The number of hydrogen-bond acceptors (Lipinski definition) is 3. The van der Waals surface area contributed by atoms with E-state index in [-0.39, 0.29) is 5.91 Å². The second-order valence-corrected chi connectivity index (χ2v) is 5.05. The van der Waals surface area contributed by atoms with Gasteiger partial charge in [-0.1, -0.05) is 18.2 Å². The maximum absolute atomic E-state index is 12.3. The summed E-state index contributed by atoms with van der Waals surface area (Å²) in [4.78, 5) is 18.4. The minimum Gasteiger partial charge on any atom is -0.398 e.